The fraction of sp³-hybridized carbons (Fsp3) is 0.308. The Labute approximate surface area is 112 Å². The fourth-order valence-corrected chi connectivity index (χ4v) is 2.94. The molecule has 1 saturated carbocycles. The largest absolute Gasteiger partial charge is 0.416 e. The van der Waals surface area contributed by atoms with Crippen molar-refractivity contribution in [2.75, 3.05) is 5.73 Å². The Bertz CT molecular complexity index is 615. The van der Waals surface area contributed by atoms with Crippen molar-refractivity contribution in [2.24, 2.45) is 0 Å². The van der Waals surface area contributed by atoms with Crippen LogP contribution < -0.4 is 5.73 Å². The first kappa shape index (κ1) is 12.5. The molecule has 2 nitrogen and oxygen atoms in total. The summed E-state index contributed by atoms with van der Waals surface area (Å²) in [5.41, 5.74) is 6.45. The lowest BCUT2D eigenvalue weighted by molar-refractivity contribution is -0.137. The maximum Gasteiger partial charge on any atom is 0.416 e. The Balaban J connectivity index is 2.07. The van der Waals surface area contributed by atoms with Gasteiger partial charge >= 0.3 is 6.18 Å². The Kier molecular flexibility index (Phi) is 2.78. The van der Waals surface area contributed by atoms with Crippen molar-refractivity contribution < 1.29 is 13.2 Å². The summed E-state index contributed by atoms with van der Waals surface area (Å²) in [4.78, 5) is 5.03. The van der Waals surface area contributed by atoms with Crippen LogP contribution in [0.5, 0.6) is 0 Å². The van der Waals surface area contributed by atoms with E-state index in [2.05, 4.69) is 4.98 Å². The second kappa shape index (κ2) is 4.23. The molecule has 100 valence electrons. The van der Waals surface area contributed by atoms with Crippen LogP contribution in [0.3, 0.4) is 0 Å². The monoisotopic (exact) mass is 284 g/mol. The minimum atomic E-state index is -4.33. The molecule has 0 aliphatic heterocycles. The summed E-state index contributed by atoms with van der Waals surface area (Å²) in [5.74, 6) is 0.359. The van der Waals surface area contributed by atoms with Gasteiger partial charge in [0.25, 0.3) is 0 Å². The number of hydrogen-bond donors (Lipinski definition) is 1. The predicted octanol–water partition coefficient (Wildman–Crippen LogP) is 4.29. The second-order valence-corrected chi connectivity index (χ2v) is 5.65. The van der Waals surface area contributed by atoms with Crippen LogP contribution in [-0.2, 0) is 6.18 Å². The average molecular weight is 284 g/mol. The summed E-state index contributed by atoms with van der Waals surface area (Å²) >= 11 is 1.25. The molecule has 1 heterocycles. The molecule has 6 heteroatoms. The van der Waals surface area contributed by atoms with E-state index in [9.17, 15) is 13.2 Å². The maximum atomic E-state index is 12.7. The zero-order valence-electron chi connectivity index (χ0n) is 9.87. The van der Waals surface area contributed by atoms with E-state index < -0.39 is 11.7 Å². The number of hydrogen-bond acceptors (Lipinski definition) is 3. The van der Waals surface area contributed by atoms with Gasteiger partial charge in [-0.15, -0.1) is 0 Å². The first-order valence-electron chi connectivity index (χ1n) is 5.89. The van der Waals surface area contributed by atoms with Crippen molar-refractivity contribution in [2.45, 2.75) is 24.9 Å². The lowest BCUT2D eigenvalue weighted by atomic mass is 10.1. The predicted molar refractivity (Wildman–Crippen MR) is 68.9 cm³/mol. The number of benzene rings is 1. The molecule has 19 heavy (non-hydrogen) atoms. The maximum absolute atomic E-state index is 12.7. The summed E-state index contributed by atoms with van der Waals surface area (Å²) in [5, 5.41) is 0.411. The van der Waals surface area contributed by atoms with Crippen molar-refractivity contribution in [3.8, 4) is 10.4 Å². The van der Waals surface area contributed by atoms with Crippen LogP contribution in [0.4, 0.5) is 18.3 Å². The summed E-state index contributed by atoms with van der Waals surface area (Å²) in [7, 11) is 0. The van der Waals surface area contributed by atoms with Crippen molar-refractivity contribution in [1.29, 1.82) is 0 Å². The van der Waals surface area contributed by atoms with Gasteiger partial charge in [-0.05, 0) is 30.5 Å². The van der Waals surface area contributed by atoms with Gasteiger partial charge in [-0.1, -0.05) is 23.5 Å². The van der Waals surface area contributed by atoms with Gasteiger partial charge in [0.15, 0.2) is 5.13 Å². The van der Waals surface area contributed by atoms with Crippen LogP contribution in [0.25, 0.3) is 10.4 Å². The van der Waals surface area contributed by atoms with Crippen LogP contribution in [0.1, 0.15) is 30.0 Å². The molecule has 1 fully saturated rings. The van der Waals surface area contributed by atoms with Gasteiger partial charge in [-0.3, -0.25) is 0 Å². The molecule has 0 atom stereocenters. The van der Waals surface area contributed by atoms with Gasteiger partial charge < -0.3 is 5.73 Å². The lowest BCUT2D eigenvalue weighted by Gasteiger charge is -2.08. The number of nitrogens with zero attached hydrogens (tertiary/aromatic N) is 1. The van der Waals surface area contributed by atoms with Gasteiger partial charge in [0.2, 0.25) is 0 Å². The second-order valence-electron chi connectivity index (χ2n) is 4.62. The number of anilines is 1. The molecule has 2 aromatic rings. The average Bonchev–Trinajstić information content (AvgIpc) is 3.12. The Morgan fingerprint density at radius 2 is 2.00 bits per heavy atom. The molecule has 1 aliphatic carbocycles. The minimum absolute atomic E-state index is 0.359. The van der Waals surface area contributed by atoms with Crippen molar-refractivity contribution >= 4 is 16.5 Å². The summed E-state index contributed by atoms with van der Waals surface area (Å²) in [6.45, 7) is 0. The Morgan fingerprint density at radius 3 is 2.63 bits per heavy atom. The fourth-order valence-electron chi connectivity index (χ4n) is 2.03. The molecular weight excluding hydrogens is 273 g/mol. The smallest absolute Gasteiger partial charge is 0.375 e. The molecule has 0 amide bonds. The van der Waals surface area contributed by atoms with Crippen molar-refractivity contribution in [3.63, 3.8) is 0 Å². The molecule has 1 aromatic carbocycles. The van der Waals surface area contributed by atoms with Gasteiger partial charge in [-0.2, -0.15) is 13.2 Å². The van der Waals surface area contributed by atoms with Gasteiger partial charge in [0.05, 0.1) is 16.1 Å². The highest BCUT2D eigenvalue weighted by atomic mass is 32.1. The molecule has 1 aromatic heterocycles. The number of aromatic nitrogens is 1. The SMILES string of the molecule is Nc1nc(C2CC2)c(-c2cccc(C(F)(F)F)c2)s1. The molecule has 0 spiro atoms. The molecule has 0 saturated heterocycles. The van der Waals surface area contributed by atoms with Gasteiger partial charge in [0, 0.05) is 5.92 Å². The summed E-state index contributed by atoms with van der Waals surface area (Å²) in [6.07, 6.45) is -2.25. The lowest BCUT2D eigenvalue weighted by Crippen LogP contribution is -2.04. The van der Waals surface area contributed by atoms with Gasteiger partial charge in [0.1, 0.15) is 0 Å². The molecule has 0 radical (unpaired) electrons. The van der Waals surface area contributed by atoms with E-state index in [0.29, 0.717) is 16.6 Å². The molecule has 3 rings (SSSR count). The molecule has 2 N–H and O–H groups in total. The third-order valence-corrected chi connectivity index (χ3v) is 4.04. The quantitative estimate of drug-likeness (QED) is 0.893. The Hall–Kier alpha value is -1.56. The third kappa shape index (κ3) is 2.45. The van der Waals surface area contributed by atoms with Gasteiger partial charge in [-0.25, -0.2) is 4.98 Å². The molecular formula is C13H11F3N2S. The van der Waals surface area contributed by atoms with Crippen molar-refractivity contribution in [3.05, 3.63) is 35.5 Å². The molecule has 1 aliphatic rings. The van der Waals surface area contributed by atoms with Crippen LogP contribution in [0.2, 0.25) is 0 Å². The Morgan fingerprint density at radius 1 is 1.26 bits per heavy atom. The van der Waals surface area contributed by atoms with E-state index in [1.165, 1.54) is 23.5 Å². The molecule has 0 bridgehead atoms. The van der Waals surface area contributed by atoms with Crippen LogP contribution in [0.15, 0.2) is 24.3 Å². The summed E-state index contributed by atoms with van der Waals surface area (Å²) < 4.78 is 38.2. The van der Waals surface area contributed by atoms with E-state index >= 15 is 0 Å². The highest BCUT2D eigenvalue weighted by Gasteiger charge is 2.32. The highest BCUT2D eigenvalue weighted by Crippen LogP contribution is 2.47. The third-order valence-electron chi connectivity index (χ3n) is 3.09. The van der Waals surface area contributed by atoms with E-state index in [0.717, 1.165) is 29.5 Å². The standard InChI is InChI=1S/C13H11F3N2S/c14-13(15,16)9-3-1-2-8(6-9)11-10(7-4-5-7)18-12(17)19-11/h1-3,6-7H,4-5H2,(H2,17,18). The highest BCUT2D eigenvalue weighted by molar-refractivity contribution is 7.18. The first-order chi connectivity index (χ1) is 8.95. The van der Waals surface area contributed by atoms with E-state index in [1.807, 2.05) is 0 Å². The zero-order valence-corrected chi connectivity index (χ0v) is 10.7. The number of nitrogen functional groups attached to an aromatic ring is 1. The number of halogens is 3. The van der Waals surface area contributed by atoms with E-state index in [4.69, 9.17) is 5.73 Å². The number of alkyl halides is 3. The summed E-state index contributed by atoms with van der Waals surface area (Å²) in [6, 6.07) is 5.34. The molecule has 0 unspecified atom stereocenters. The number of rotatable bonds is 2. The van der Waals surface area contributed by atoms with Crippen LogP contribution in [0, 0.1) is 0 Å². The van der Waals surface area contributed by atoms with Crippen LogP contribution >= 0.6 is 11.3 Å². The number of nitrogens with two attached hydrogens (primary N) is 1. The van der Waals surface area contributed by atoms with E-state index in [-0.39, 0.29) is 0 Å². The van der Waals surface area contributed by atoms with Crippen LogP contribution in [-0.4, -0.2) is 4.98 Å². The van der Waals surface area contributed by atoms with Crippen molar-refractivity contribution in [1.82, 2.24) is 4.98 Å². The number of thiazole rings is 1. The van der Waals surface area contributed by atoms with E-state index in [1.54, 1.807) is 6.07 Å². The first-order valence-corrected chi connectivity index (χ1v) is 6.70. The topological polar surface area (TPSA) is 38.9 Å². The minimum Gasteiger partial charge on any atom is -0.375 e. The normalized spacial score (nSPS) is 15.7. The zero-order chi connectivity index (χ0) is 13.6.